The molecule has 0 atom stereocenters. The first-order chi connectivity index (χ1) is 8.50. The molecule has 5 heteroatoms. The van der Waals surface area contributed by atoms with Crippen LogP contribution in [0.3, 0.4) is 0 Å². The fourth-order valence-corrected chi connectivity index (χ4v) is 1.53. The average molecular weight is 251 g/mol. The summed E-state index contributed by atoms with van der Waals surface area (Å²) in [4.78, 5) is 14.4. The van der Waals surface area contributed by atoms with Crippen LogP contribution in [0.4, 0.5) is 13.2 Å². The van der Waals surface area contributed by atoms with Crippen LogP contribution in [0.5, 0.6) is 0 Å². The number of halogens is 3. The quantitative estimate of drug-likeness (QED) is 0.763. The Morgan fingerprint density at radius 3 is 2.22 bits per heavy atom. The highest BCUT2D eigenvalue weighted by Crippen LogP contribution is 2.30. The van der Waals surface area contributed by atoms with Gasteiger partial charge in [-0.25, -0.2) is 0 Å². The molecule has 0 saturated heterocycles. The van der Waals surface area contributed by atoms with Crippen molar-refractivity contribution in [1.29, 1.82) is 0 Å². The van der Waals surface area contributed by atoms with E-state index in [1.165, 1.54) is 24.5 Å². The fraction of sp³-hybridized carbons (Fsp3) is 0.0769. The molecule has 2 rings (SSSR count). The van der Waals surface area contributed by atoms with Gasteiger partial charge >= 0.3 is 6.18 Å². The van der Waals surface area contributed by atoms with E-state index in [9.17, 15) is 18.0 Å². The number of alkyl halides is 3. The third kappa shape index (κ3) is 2.56. The molecule has 0 aliphatic heterocycles. The number of rotatable bonds is 2. The first kappa shape index (κ1) is 12.3. The van der Waals surface area contributed by atoms with Crippen molar-refractivity contribution < 1.29 is 18.0 Å². The summed E-state index contributed by atoms with van der Waals surface area (Å²) in [6, 6.07) is 6.29. The SMILES string of the molecule is O=Cc1cncc(-c2ccc(C(F)(F)F)cc2)c1. The summed E-state index contributed by atoms with van der Waals surface area (Å²) in [5.41, 5.74) is 0.866. The largest absolute Gasteiger partial charge is 0.416 e. The van der Waals surface area contributed by atoms with Gasteiger partial charge in [-0.1, -0.05) is 12.1 Å². The highest BCUT2D eigenvalue weighted by molar-refractivity contribution is 5.77. The molecule has 18 heavy (non-hydrogen) atoms. The summed E-state index contributed by atoms with van der Waals surface area (Å²) in [5.74, 6) is 0. The van der Waals surface area contributed by atoms with Crippen molar-refractivity contribution in [1.82, 2.24) is 4.98 Å². The summed E-state index contributed by atoms with van der Waals surface area (Å²) in [6.07, 6.45) is -0.821. The molecule has 92 valence electrons. The van der Waals surface area contributed by atoms with Crippen LogP contribution in [0.2, 0.25) is 0 Å². The molecular formula is C13H8F3NO. The lowest BCUT2D eigenvalue weighted by molar-refractivity contribution is -0.137. The fourth-order valence-electron chi connectivity index (χ4n) is 1.53. The zero-order chi connectivity index (χ0) is 13.2. The predicted molar refractivity (Wildman–Crippen MR) is 60.1 cm³/mol. The molecule has 0 unspecified atom stereocenters. The van der Waals surface area contributed by atoms with Crippen molar-refractivity contribution in [3.05, 3.63) is 53.9 Å². The lowest BCUT2D eigenvalue weighted by Gasteiger charge is -2.07. The first-order valence-electron chi connectivity index (χ1n) is 5.08. The summed E-state index contributed by atoms with van der Waals surface area (Å²) in [6.45, 7) is 0. The maximum atomic E-state index is 12.4. The van der Waals surface area contributed by atoms with Gasteiger partial charge in [-0.15, -0.1) is 0 Å². The van der Waals surface area contributed by atoms with Crippen LogP contribution in [0.15, 0.2) is 42.7 Å². The Balaban J connectivity index is 2.37. The molecule has 2 nitrogen and oxygen atoms in total. The van der Waals surface area contributed by atoms with Crippen molar-refractivity contribution in [3.63, 3.8) is 0 Å². The van der Waals surface area contributed by atoms with Crippen LogP contribution in [0.25, 0.3) is 11.1 Å². The van der Waals surface area contributed by atoms with Crippen molar-refractivity contribution in [3.8, 4) is 11.1 Å². The second-order valence-corrected chi connectivity index (χ2v) is 3.70. The topological polar surface area (TPSA) is 30.0 Å². The lowest BCUT2D eigenvalue weighted by Crippen LogP contribution is -2.04. The number of carbonyl (C=O) groups excluding carboxylic acids is 1. The van der Waals surface area contributed by atoms with E-state index < -0.39 is 11.7 Å². The Bertz CT molecular complexity index is 561. The van der Waals surface area contributed by atoms with E-state index in [0.29, 0.717) is 23.0 Å². The molecule has 0 spiro atoms. The minimum absolute atomic E-state index is 0.382. The number of nitrogens with zero attached hydrogens (tertiary/aromatic N) is 1. The third-order valence-electron chi connectivity index (χ3n) is 2.44. The normalized spacial score (nSPS) is 11.3. The molecule has 0 aliphatic carbocycles. The third-order valence-corrected chi connectivity index (χ3v) is 2.44. The van der Waals surface area contributed by atoms with Crippen LogP contribution in [-0.4, -0.2) is 11.3 Å². The van der Waals surface area contributed by atoms with Gasteiger partial charge in [0.15, 0.2) is 6.29 Å². The average Bonchev–Trinajstić information content (AvgIpc) is 2.38. The van der Waals surface area contributed by atoms with E-state index in [1.54, 1.807) is 6.07 Å². The van der Waals surface area contributed by atoms with E-state index in [4.69, 9.17) is 0 Å². The highest BCUT2D eigenvalue weighted by atomic mass is 19.4. The molecule has 0 aliphatic rings. The van der Waals surface area contributed by atoms with Crippen molar-refractivity contribution >= 4 is 6.29 Å². The van der Waals surface area contributed by atoms with E-state index in [1.807, 2.05) is 0 Å². The Morgan fingerprint density at radius 1 is 1.00 bits per heavy atom. The number of hydrogen-bond donors (Lipinski definition) is 0. The number of aldehydes is 1. The Hall–Kier alpha value is -2.17. The molecule has 1 aromatic carbocycles. The molecule has 0 bridgehead atoms. The number of hydrogen-bond acceptors (Lipinski definition) is 2. The molecular weight excluding hydrogens is 243 g/mol. The van der Waals surface area contributed by atoms with Crippen LogP contribution in [0, 0.1) is 0 Å². The Kier molecular flexibility index (Phi) is 3.14. The zero-order valence-electron chi connectivity index (χ0n) is 9.11. The van der Waals surface area contributed by atoms with Crippen LogP contribution in [0.1, 0.15) is 15.9 Å². The van der Waals surface area contributed by atoms with Gasteiger partial charge < -0.3 is 0 Å². The summed E-state index contributed by atoms with van der Waals surface area (Å²) in [5, 5.41) is 0. The summed E-state index contributed by atoms with van der Waals surface area (Å²) < 4.78 is 37.1. The van der Waals surface area contributed by atoms with Crippen molar-refractivity contribution in [2.45, 2.75) is 6.18 Å². The van der Waals surface area contributed by atoms with Gasteiger partial charge in [0, 0.05) is 23.5 Å². The first-order valence-corrected chi connectivity index (χ1v) is 5.08. The predicted octanol–water partition coefficient (Wildman–Crippen LogP) is 3.58. The van der Waals surface area contributed by atoms with E-state index in [2.05, 4.69) is 4.98 Å². The van der Waals surface area contributed by atoms with Gasteiger partial charge in [0.2, 0.25) is 0 Å². The van der Waals surface area contributed by atoms with Gasteiger partial charge in [-0.3, -0.25) is 9.78 Å². The van der Waals surface area contributed by atoms with Gasteiger partial charge in [0.25, 0.3) is 0 Å². The second-order valence-electron chi connectivity index (χ2n) is 3.70. The molecule has 0 amide bonds. The van der Waals surface area contributed by atoms with Gasteiger partial charge in [-0.2, -0.15) is 13.2 Å². The maximum absolute atomic E-state index is 12.4. The van der Waals surface area contributed by atoms with Gasteiger partial charge in [-0.05, 0) is 23.8 Å². The summed E-state index contributed by atoms with van der Waals surface area (Å²) in [7, 11) is 0. The smallest absolute Gasteiger partial charge is 0.298 e. The van der Waals surface area contributed by atoms with E-state index in [0.717, 1.165) is 12.1 Å². The molecule has 1 heterocycles. The van der Waals surface area contributed by atoms with E-state index >= 15 is 0 Å². The Labute approximate surface area is 101 Å². The van der Waals surface area contributed by atoms with Crippen molar-refractivity contribution in [2.75, 3.05) is 0 Å². The van der Waals surface area contributed by atoms with Crippen molar-refractivity contribution in [2.24, 2.45) is 0 Å². The molecule has 2 aromatic rings. The van der Waals surface area contributed by atoms with Gasteiger partial charge in [0.05, 0.1) is 5.56 Å². The Morgan fingerprint density at radius 2 is 1.67 bits per heavy atom. The molecule has 0 radical (unpaired) electrons. The lowest BCUT2D eigenvalue weighted by atomic mass is 10.0. The minimum atomic E-state index is -4.35. The van der Waals surface area contributed by atoms with E-state index in [-0.39, 0.29) is 0 Å². The molecule has 0 fully saturated rings. The molecule has 0 saturated carbocycles. The molecule has 0 N–H and O–H groups in total. The number of aromatic nitrogens is 1. The number of benzene rings is 1. The highest BCUT2D eigenvalue weighted by Gasteiger charge is 2.29. The van der Waals surface area contributed by atoms with Gasteiger partial charge in [0.1, 0.15) is 0 Å². The second kappa shape index (κ2) is 4.60. The maximum Gasteiger partial charge on any atom is 0.416 e. The van der Waals surface area contributed by atoms with Crippen LogP contribution >= 0.6 is 0 Å². The van der Waals surface area contributed by atoms with Crippen LogP contribution < -0.4 is 0 Å². The molecule has 1 aromatic heterocycles. The number of carbonyl (C=O) groups is 1. The summed E-state index contributed by atoms with van der Waals surface area (Å²) >= 11 is 0. The standard InChI is InChI=1S/C13H8F3NO/c14-13(15,16)12-3-1-10(2-4-12)11-5-9(8-18)6-17-7-11/h1-8H. The van der Waals surface area contributed by atoms with Crippen LogP contribution in [-0.2, 0) is 6.18 Å². The monoisotopic (exact) mass is 251 g/mol. The number of pyridine rings is 1. The minimum Gasteiger partial charge on any atom is -0.298 e. The zero-order valence-corrected chi connectivity index (χ0v) is 9.11.